The fraction of sp³-hybridized carbons (Fsp3) is 0.350. The van der Waals surface area contributed by atoms with E-state index >= 15 is 0 Å². The van der Waals surface area contributed by atoms with Gasteiger partial charge in [-0.3, -0.25) is 9.79 Å². The summed E-state index contributed by atoms with van der Waals surface area (Å²) in [5.41, 5.74) is 2.69. The molecule has 0 radical (unpaired) electrons. The molecule has 0 aliphatic carbocycles. The molecule has 0 bridgehead atoms. The van der Waals surface area contributed by atoms with Crippen molar-refractivity contribution >= 4 is 17.7 Å². The van der Waals surface area contributed by atoms with Crippen LogP contribution in [0.4, 0.5) is 5.82 Å². The highest BCUT2D eigenvalue weighted by molar-refractivity contribution is 5.93. The SMILES string of the molecule is CN=C(NCc1ccc(C(=O)N(C)C)cc1)NCc1cccc(N(C)C)n1. The number of nitrogens with one attached hydrogen (secondary N) is 2. The minimum atomic E-state index is -0.000518. The van der Waals surface area contributed by atoms with E-state index in [-0.39, 0.29) is 5.91 Å². The number of rotatable bonds is 6. The second-order valence-corrected chi connectivity index (χ2v) is 6.56. The molecule has 2 N–H and O–H groups in total. The van der Waals surface area contributed by atoms with Crippen LogP contribution in [-0.2, 0) is 13.1 Å². The van der Waals surface area contributed by atoms with Gasteiger partial charge in [-0.1, -0.05) is 18.2 Å². The second-order valence-electron chi connectivity index (χ2n) is 6.56. The summed E-state index contributed by atoms with van der Waals surface area (Å²) in [7, 11) is 9.17. The van der Waals surface area contributed by atoms with Gasteiger partial charge in [0.05, 0.1) is 12.2 Å². The van der Waals surface area contributed by atoms with Crippen molar-refractivity contribution in [3.63, 3.8) is 0 Å². The first-order valence-electron chi connectivity index (χ1n) is 8.79. The van der Waals surface area contributed by atoms with Gasteiger partial charge in [0.25, 0.3) is 5.91 Å². The van der Waals surface area contributed by atoms with Crippen molar-refractivity contribution in [2.75, 3.05) is 40.1 Å². The number of amides is 1. The lowest BCUT2D eigenvalue weighted by molar-refractivity contribution is 0.0827. The number of carbonyl (C=O) groups excluding carboxylic acids is 1. The van der Waals surface area contributed by atoms with E-state index in [9.17, 15) is 4.79 Å². The van der Waals surface area contributed by atoms with E-state index in [4.69, 9.17) is 0 Å². The van der Waals surface area contributed by atoms with Gasteiger partial charge in [0.15, 0.2) is 5.96 Å². The van der Waals surface area contributed by atoms with Crippen molar-refractivity contribution in [1.29, 1.82) is 0 Å². The van der Waals surface area contributed by atoms with Crippen LogP contribution in [0.25, 0.3) is 0 Å². The van der Waals surface area contributed by atoms with Crippen LogP contribution in [0.15, 0.2) is 47.5 Å². The Balaban J connectivity index is 1.88. The molecule has 1 aromatic heterocycles. The fourth-order valence-corrected chi connectivity index (χ4v) is 2.42. The van der Waals surface area contributed by atoms with Crippen molar-refractivity contribution in [2.24, 2.45) is 4.99 Å². The van der Waals surface area contributed by atoms with Gasteiger partial charge in [-0.2, -0.15) is 0 Å². The first kappa shape index (κ1) is 20.2. The largest absolute Gasteiger partial charge is 0.363 e. The van der Waals surface area contributed by atoms with E-state index in [1.54, 1.807) is 26.0 Å². The topological polar surface area (TPSA) is 72.9 Å². The van der Waals surface area contributed by atoms with Crippen LogP contribution >= 0.6 is 0 Å². The fourth-order valence-electron chi connectivity index (χ4n) is 2.42. The molecule has 1 heterocycles. The van der Waals surface area contributed by atoms with Gasteiger partial charge < -0.3 is 20.4 Å². The highest BCUT2D eigenvalue weighted by Crippen LogP contribution is 2.08. The summed E-state index contributed by atoms with van der Waals surface area (Å²) >= 11 is 0. The molecule has 0 spiro atoms. The van der Waals surface area contributed by atoms with Crippen molar-refractivity contribution in [2.45, 2.75) is 13.1 Å². The lowest BCUT2D eigenvalue weighted by Gasteiger charge is -2.14. The zero-order valence-electron chi connectivity index (χ0n) is 16.7. The molecule has 0 aliphatic heterocycles. The number of aromatic nitrogens is 1. The third-order valence-corrected chi connectivity index (χ3v) is 3.98. The number of aliphatic imine (C=N–C) groups is 1. The first-order valence-corrected chi connectivity index (χ1v) is 8.79. The molecular formula is C20H28N6O. The molecule has 7 heteroatoms. The summed E-state index contributed by atoms with van der Waals surface area (Å²) in [4.78, 5) is 24.3. The second kappa shape index (κ2) is 9.56. The summed E-state index contributed by atoms with van der Waals surface area (Å²) in [5, 5.41) is 6.53. The zero-order valence-corrected chi connectivity index (χ0v) is 16.7. The Morgan fingerprint density at radius 3 is 2.26 bits per heavy atom. The molecule has 2 aromatic rings. The molecule has 0 saturated heterocycles. The maximum atomic E-state index is 11.9. The van der Waals surface area contributed by atoms with Crippen molar-refractivity contribution in [1.82, 2.24) is 20.5 Å². The number of carbonyl (C=O) groups is 1. The van der Waals surface area contributed by atoms with Gasteiger partial charge in [0.1, 0.15) is 5.82 Å². The minimum Gasteiger partial charge on any atom is -0.363 e. The molecule has 0 unspecified atom stereocenters. The van der Waals surface area contributed by atoms with E-state index in [2.05, 4.69) is 20.6 Å². The molecule has 0 atom stereocenters. The Hall–Kier alpha value is -3.09. The number of benzene rings is 1. The summed E-state index contributed by atoms with van der Waals surface area (Å²) in [6.45, 7) is 1.19. The van der Waals surface area contributed by atoms with Crippen LogP contribution in [-0.4, -0.2) is 57.0 Å². The smallest absolute Gasteiger partial charge is 0.253 e. The van der Waals surface area contributed by atoms with Crippen molar-refractivity contribution in [3.05, 3.63) is 59.3 Å². The third kappa shape index (κ3) is 5.99. The molecule has 27 heavy (non-hydrogen) atoms. The number of nitrogens with zero attached hydrogens (tertiary/aromatic N) is 4. The molecule has 2 rings (SSSR count). The van der Waals surface area contributed by atoms with Crippen molar-refractivity contribution in [3.8, 4) is 0 Å². The van der Waals surface area contributed by atoms with Crippen LogP contribution in [0.5, 0.6) is 0 Å². The predicted molar refractivity (Wildman–Crippen MR) is 110 cm³/mol. The highest BCUT2D eigenvalue weighted by Gasteiger charge is 2.07. The molecule has 0 aliphatic rings. The van der Waals surface area contributed by atoms with E-state index in [1.807, 2.05) is 61.5 Å². The highest BCUT2D eigenvalue weighted by atomic mass is 16.2. The third-order valence-electron chi connectivity index (χ3n) is 3.98. The van der Waals surface area contributed by atoms with E-state index in [0.717, 1.165) is 17.1 Å². The number of hydrogen-bond donors (Lipinski definition) is 2. The van der Waals surface area contributed by atoms with Gasteiger partial charge >= 0.3 is 0 Å². The van der Waals surface area contributed by atoms with Crippen molar-refractivity contribution < 1.29 is 4.79 Å². The average molecular weight is 368 g/mol. The molecule has 144 valence electrons. The molecule has 1 amide bonds. The molecule has 7 nitrogen and oxygen atoms in total. The monoisotopic (exact) mass is 368 g/mol. The average Bonchev–Trinajstić information content (AvgIpc) is 2.68. The standard InChI is InChI=1S/C20H28N6O/c1-21-20(23-14-17-7-6-8-18(24-17)25(2)3)22-13-15-9-11-16(12-10-15)19(27)26(4)5/h6-12H,13-14H2,1-5H3,(H2,21,22,23). The molecule has 0 fully saturated rings. The van der Waals surface area contributed by atoms with Gasteiger partial charge in [0.2, 0.25) is 0 Å². The first-order chi connectivity index (χ1) is 12.9. The van der Waals surface area contributed by atoms with Crippen LogP contribution in [0.3, 0.4) is 0 Å². The van der Waals surface area contributed by atoms with Gasteiger partial charge in [-0.15, -0.1) is 0 Å². The Morgan fingerprint density at radius 1 is 1.00 bits per heavy atom. The molecular weight excluding hydrogens is 340 g/mol. The number of anilines is 1. The quantitative estimate of drug-likeness (QED) is 0.600. The minimum absolute atomic E-state index is 0.000518. The summed E-state index contributed by atoms with van der Waals surface area (Å²) in [6.07, 6.45) is 0. The van der Waals surface area contributed by atoms with Crippen LogP contribution in [0, 0.1) is 0 Å². The summed E-state index contributed by atoms with van der Waals surface area (Å²) < 4.78 is 0. The maximum Gasteiger partial charge on any atom is 0.253 e. The van der Waals surface area contributed by atoms with Crippen LogP contribution in [0.2, 0.25) is 0 Å². The lowest BCUT2D eigenvalue weighted by atomic mass is 10.1. The normalized spacial score (nSPS) is 11.1. The van der Waals surface area contributed by atoms with E-state index in [0.29, 0.717) is 24.6 Å². The molecule has 0 saturated carbocycles. The maximum absolute atomic E-state index is 11.9. The van der Waals surface area contributed by atoms with Crippen LogP contribution < -0.4 is 15.5 Å². The summed E-state index contributed by atoms with van der Waals surface area (Å²) in [5.74, 6) is 1.62. The number of pyridine rings is 1. The van der Waals surface area contributed by atoms with Gasteiger partial charge in [-0.05, 0) is 29.8 Å². The lowest BCUT2D eigenvalue weighted by Crippen LogP contribution is -2.36. The summed E-state index contributed by atoms with van der Waals surface area (Å²) in [6, 6.07) is 13.5. The van der Waals surface area contributed by atoms with Gasteiger partial charge in [0, 0.05) is 47.3 Å². The Morgan fingerprint density at radius 2 is 1.67 bits per heavy atom. The number of hydrogen-bond acceptors (Lipinski definition) is 4. The van der Waals surface area contributed by atoms with E-state index < -0.39 is 0 Å². The van der Waals surface area contributed by atoms with Crippen LogP contribution in [0.1, 0.15) is 21.6 Å². The predicted octanol–water partition coefficient (Wildman–Crippen LogP) is 1.71. The van der Waals surface area contributed by atoms with Gasteiger partial charge in [-0.25, -0.2) is 4.98 Å². The van der Waals surface area contributed by atoms with E-state index in [1.165, 1.54) is 0 Å². The Kier molecular flexibility index (Phi) is 7.16. The Bertz CT molecular complexity index is 783. The zero-order chi connectivity index (χ0) is 19.8. The number of guanidine groups is 1. The Labute approximate surface area is 161 Å². The molecule has 1 aromatic carbocycles.